The van der Waals surface area contributed by atoms with Gasteiger partial charge in [0.1, 0.15) is 0 Å². The van der Waals surface area contributed by atoms with Crippen LogP contribution in [0.3, 0.4) is 0 Å². The highest BCUT2D eigenvalue weighted by Gasteiger charge is 2.23. The van der Waals surface area contributed by atoms with Gasteiger partial charge in [-0.1, -0.05) is 35.3 Å². The van der Waals surface area contributed by atoms with Gasteiger partial charge in [-0.25, -0.2) is 0 Å². The van der Waals surface area contributed by atoms with Crippen molar-refractivity contribution in [3.63, 3.8) is 0 Å². The standard InChI is InChI=1S/C12H16Cl2N2O/c13-10-3-1-2-9(12(10)14)11(8-17)16-6-4-15-5-7-16/h1-3,11,15,17H,4-8H2/t11-/m0/s1. The Morgan fingerprint density at radius 2 is 2.00 bits per heavy atom. The van der Waals surface area contributed by atoms with Crippen molar-refractivity contribution in [2.75, 3.05) is 32.8 Å². The van der Waals surface area contributed by atoms with Crippen LogP contribution >= 0.6 is 23.2 Å². The second-order valence-corrected chi connectivity index (χ2v) is 4.91. The van der Waals surface area contributed by atoms with Crippen molar-refractivity contribution in [2.24, 2.45) is 0 Å². The van der Waals surface area contributed by atoms with Crippen molar-refractivity contribution in [1.29, 1.82) is 0 Å². The van der Waals surface area contributed by atoms with E-state index < -0.39 is 0 Å². The quantitative estimate of drug-likeness (QED) is 0.884. The third kappa shape index (κ3) is 2.92. The topological polar surface area (TPSA) is 35.5 Å². The Labute approximate surface area is 111 Å². The molecule has 0 spiro atoms. The fraction of sp³-hybridized carbons (Fsp3) is 0.500. The van der Waals surface area contributed by atoms with Crippen LogP contribution in [0.25, 0.3) is 0 Å². The minimum Gasteiger partial charge on any atom is -0.394 e. The second kappa shape index (κ2) is 6.03. The van der Waals surface area contributed by atoms with Crippen LogP contribution in [-0.4, -0.2) is 42.8 Å². The van der Waals surface area contributed by atoms with Crippen LogP contribution in [0, 0.1) is 0 Å². The van der Waals surface area contributed by atoms with Gasteiger partial charge < -0.3 is 10.4 Å². The molecule has 0 radical (unpaired) electrons. The highest BCUT2D eigenvalue weighted by atomic mass is 35.5. The molecule has 1 atom stereocenters. The predicted molar refractivity (Wildman–Crippen MR) is 70.7 cm³/mol. The molecule has 0 bridgehead atoms. The number of halogens is 2. The Bertz CT molecular complexity index is 381. The van der Waals surface area contributed by atoms with Crippen LogP contribution in [0.2, 0.25) is 10.0 Å². The van der Waals surface area contributed by atoms with Crippen LogP contribution in [0.4, 0.5) is 0 Å². The molecule has 94 valence electrons. The zero-order chi connectivity index (χ0) is 12.3. The number of nitrogens with one attached hydrogen (secondary N) is 1. The lowest BCUT2D eigenvalue weighted by atomic mass is 10.1. The van der Waals surface area contributed by atoms with Gasteiger partial charge in [0, 0.05) is 26.2 Å². The van der Waals surface area contributed by atoms with Crippen molar-refractivity contribution in [3.8, 4) is 0 Å². The summed E-state index contributed by atoms with van der Waals surface area (Å²) in [7, 11) is 0. The molecule has 1 aromatic rings. The fourth-order valence-corrected chi connectivity index (χ4v) is 2.62. The van der Waals surface area contributed by atoms with Gasteiger partial charge in [-0.15, -0.1) is 0 Å². The second-order valence-electron chi connectivity index (χ2n) is 4.13. The molecule has 0 amide bonds. The number of aliphatic hydroxyl groups is 1. The third-order valence-corrected chi connectivity index (χ3v) is 3.94. The van der Waals surface area contributed by atoms with E-state index in [1.54, 1.807) is 6.07 Å². The maximum atomic E-state index is 9.58. The lowest BCUT2D eigenvalue weighted by molar-refractivity contribution is 0.111. The van der Waals surface area contributed by atoms with E-state index in [0.29, 0.717) is 10.0 Å². The van der Waals surface area contributed by atoms with Crippen LogP contribution in [-0.2, 0) is 0 Å². The third-order valence-electron chi connectivity index (χ3n) is 3.11. The van der Waals surface area contributed by atoms with Gasteiger partial charge in [0.2, 0.25) is 0 Å². The number of nitrogens with zero attached hydrogens (tertiary/aromatic N) is 1. The number of hydrogen-bond acceptors (Lipinski definition) is 3. The molecule has 3 nitrogen and oxygen atoms in total. The predicted octanol–water partition coefficient (Wildman–Crippen LogP) is 1.93. The summed E-state index contributed by atoms with van der Waals surface area (Å²) in [5.74, 6) is 0. The van der Waals surface area contributed by atoms with Gasteiger partial charge in [-0.2, -0.15) is 0 Å². The summed E-state index contributed by atoms with van der Waals surface area (Å²) < 4.78 is 0. The van der Waals surface area contributed by atoms with E-state index in [2.05, 4.69) is 10.2 Å². The van der Waals surface area contributed by atoms with Crippen molar-refractivity contribution in [3.05, 3.63) is 33.8 Å². The molecule has 0 unspecified atom stereocenters. The molecule has 1 fully saturated rings. The highest BCUT2D eigenvalue weighted by molar-refractivity contribution is 6.42. The van der Waals surface area contributed by atoms with Crippen LogP contribution in [0.5, 0.6) is 0 Å². The lowest BCUT2D eigenvalue weighted by Gasteiger charge is -2.34. The number of benzene rings is 1. The molecular weight excluding hydrogens is 259 g/mol. The number of aliphatic hydroxyl groups excluding tert-OH is 1. The molecular formula is C12H16Cl2N2O. The molecule has 1 saturated heterocycles. The lowest BCUT2D eigenvalue weighted by Crippen LogP contribution is -2.46. The molecule has 0 saturated carbocycles. The molecule has 0 aromatic heterocycles. The first-order valence-corrected chi connectivity index (χ1v) is 6.49. The number of hydrogen-bond donors (Lipinski definition) is 2. The normalized spacial score (nSPS) is 19.2. The minimum atomic E-state index is -0.0664. The maximum Gasteiger partial charge on any atom is 0.0641 e. The van der Waals surface area contributed by atoms with Crippen LogP contribution in [0.15, 0.2) is 18.2 Å². The summed E-state index contributed by atoms with van der Waals surface area (Å²) in [5, 5.41) is 14.0. The van der Waals surface area contributed by atoms with Crippen molar-refractivity contribution in [1.82, 2.24) is 10.2 Å². The fourth-order valence-electron chi connectivity index (χ4n) is 2.18. The SMILES string of the molecule is OC[C@@H](c1cccc(Cl)c1Cl)N1CCNCC1. The first-order chi connectivity index (χ1) is 8.24. The van der Waals surface area contributed by atoms with Gasteiger partial charge in [-0.05, 0) is 11.6 Å². The molecule has 1 aliphatic heterocycles. The average Bonchev–Trinajstić information content (AvgIpc) is 2.37. The molecule has 2 N–H and O–H groups in total. The smallest absolute Gasteiger partial charge is 0.0641 e. The van der Waals surface area contributed by atoms with E-state index in [9.17, 15) is 5.11 Å². The molecule has 17 heavy (non-hydrogen) atoms. The highest BCUT2D eigenvalue weighted by Crippen LogP contribution is 2.32. The van der Waals surface area contributed by atoms with E-state index in [-0.39, 0.29) is 12.6 Å². The van der Waals surface area contributed by atoms with Crippen LogP contribution < -0.4 is 5.32 Å². The Morgan fingerprint density at radius 1 is 1.29 bits per heavy atom. The minimum absolute atomic E-state index is 0.0556. The van der Waals surface area contributed by atoms with Crippen molar-refractivity contribution in [2.45, 2.75) is 6.04 Å². The summed E-state index contributed by atoms with van der Waals surface area (Å²) in [6, 6.07) is 5.49. The molecule has 1 aliphatic rings. The van der Waals surface area contributed by atoms with Crippen LogP contribution in [0.1, 0.15) is 11.6 Å². The van der Waals surface area contributed by atoms with E-state index in [1.165, 1.54) is 0 Å². The largest absolute Gasteiger partial charge is 0.394 e. The van der Waals surface area contributed by atoms with Crippen molar-refractivity contribution < 1.29 is 5.11 Å². The average molecular weight is 275 g/mol. The summed E-state index contributed by atoms with van der Waals surface area (Å²) in [5.41, 5.74) is 0.906. The monoisotopic (exact) mass is 274 g/mol. The molecule has 2 rings (SSSR count). The van der Waals surface area contributed by atoms with E-state index >= 15 is 0 Å². The van der Waals surface area contributed by atoms with E-state index in [1.807, 2.05) is 12.1 Å². The number of piperazine rings is 1. The van der Waals surface area contributed by atoms with Gasteiger partial charge in [0.15, 0.2) is 0 Å². The molecule has 1 aromatic carbocycles. The zero-order valence-electron chi connectivity index (χ0n) is 9.50. The Kier molecular flexibility index (Phi) is 4.65. The molecule has 1 heterocycles. The zero-order valence-corrected chi connectivity index (χ0v) is 11.0. The van der Waals surface area contributed by atoms with Gasteiger partial charge in [-0.3, -0.25) is 4.90 Å². The first kappa shape index (κ1) is 13.1. The van der Waals surface area contributed by atoms with Gasteiger partial charge in [0.25, 0.3) is 0 Å². The van der Waals surface area contributed by atoms with Gasteiger partial charge >= 0.3 is 0 Å². The Morgan fingerprint density at radius 3 is 2.65 bits per heavy atom. The van der Waals surface area contributed by atoms with E-state index in [0.717, 1.165) is 31.7 Å². The molecule has 0 aliphatic carbocycles. The van der Waals surface area contributed by atoms with Crippen molar-refractivity contribution >= 4 is 23.2 Å². The summed E-state index contributed by atoms with van der Waals surface area (Å²) >= 11 is 12.2. The van der Waals surface area contributed by atoms with E-state index in [4.69, 9.17) is 23.2 Å². The number of rotatable bonds is 3. The first-order valence-electron chi connectivity index (χ1n) is 5.73. The molecule has 5 heteroatoms. The Balaban J connectivity index is 2.24. The maximum absolute atomic E-state index is 9.58. The van der Waals surface area contributed by atoms with Gasteiger partial charge in [0.05, 0.1) is 22.7 Å². The summed E-state index contributed by atoms with van der Waals surface area (Å²) in [6.45, 7) is 3.76. The summed E-state index contributed by atoms with van der Waals surface area (Å²) in [4.78, 5) is 2.23. The Hall–Kier alpha value is -0.320. The summed E-state index contributed by atoms with van der Waals surface area (Å²) in [6.07, 6.45) is 0.